The maximum Gasteiger partial charge on any atom is 0.270 e. The first kappa shape index (κ1) is 22.2. The molecule has 0 unspecified atom stereocenters. The molecular weight excluding hydrogens is 507 g/mol. The van der Waals surface area contributed by atoms with Crippen LogP contribution in [0, 0.1) is 0 Å². The predicted octanol–water partition coefficient (Wildman–Crippen LogP) is 6.63. The molecule has 34 heavy (non-hydrogen) atoms. The first-order valence-corrected chi connectivity index (χ1v) is 13.7. The average Bonchev–Trinajstić information content (AvgIpc) is 3.39. The lowest BCUT2D eigenvalue weighted by Crippen LogP contribution is -2.17. The molecule has 0 saturated heterocycles. The Hall–Kier alpha value is -2.32. The predicted molar refractivity (Wildman–Crippen MR) is 141 cm³/mol. The summed E-state index contributed by atoms with van der Waals surface area (Å²) in [5.41, 5.74) is 3.34. The average molecular weight is 528 g/mol. The maximum absolute atomic E-state index is 13.8. The lowest BCUT2D eigenvalue weighted by molar-refractivity contribution is 0.681. The van der Waals surface area contributed by atoms with E-state index in [2.05, 4.69) is 0 Å². The van der Waals surface area contributed by atoms with Crippen molar-refractivity contribution in [3.63, 3.8) is 0 Å². The van der Waals surface area contributed by atoms with Crippen LogP contribution in [0.3, 0.4) is 0 Å². The molecule has 0 saturated carbocycles. The smallest absolute Gasteiger partial charge is 0.268 e. The molecule has 0 fully saturated rings. The van der Waals surface area contributed by atoms with E-state index in [1.54, 1.807) is 15.7 Å². The summed E-state index contributed by atoms with van der Waals surface area (Å²) in [6, 6.07) is 15.4. The Morgan fingerprint density at radius 1 is 0.941 bits per heavy atom. The second-order valence-electron chi connectivity index (χ2n) is 8.43. The molecule has 0 atom stereocenters. The highest BCUT2D eigenvalue weighted by atomic mass is 35.5. The van der Waals surface area contributed by atoms with Gasteiger partial charge < -0.3 is 0 Å². The first-order valence-electron chi connectivity index (χ1n) is 11.1. The van der Waals surface area contributed by atoms with Gasteiger partial charge in [-0.1, -0.05) is 59.2 Å². The zero-order valence-corrected chi connectivity index (χ0v) is 21.3. The number of rotatable bonds is 5. The molecule has 0 N–H and O–H groups in total. The second-order valence-corrected chi connectivity index (χ2v) is 11.3. The molecule has 0 bridgehead atoms. The molecule has 0 amide bonds. The van der Waals surface area contributed by atoms with Crippen molar-refractivity contribution >= 4 is 62.3 Å². The number of thioether (sulfide) groups is 1. The Balaban J connectivity index is 1.49. The minimum atomic E-state index is -0.0136. The zero-order valence-electron chi connectivity index (χ0n) is 18.1. The van der Waals surface area contributed by atoms with Gasteiger partial charge in [-0.25, -0.2) is 14.1 Å². The summed E-state index contributed by atoms with van der Waals surface area (Å²) in [5, 5.41) is 7.66. The van der Waals surface area contributed by atoms with Crippen LogP contribution in [-0.2, 0) is 25.1 Å². The maximum atomic E-state index is 13.8. The van der Waals surface area contributed by atoms with Crippen LogP contribution in [0.4, 0.5) is 0 Å². The van der Waals surface area contributed by atoms with E-state index < -0.39 is 0 Å². The van der Waals surface area contributed by atoms with Crippen LogP contribution >= 0.6 is 46.3 Å². The Morgan fingerprint density at radius 2 is 1.62 bits per heavy atom. The third kappa shape index (κ3) is 4.05. The standard InChI is InChI=1S/C25H20Cl2N4OS2/c26-17-9-5-15(6-10-17)13-30-24-28-22-21(19-3-1-2-4-20(19)34-22)23(32)31(24)25(29-30)33-14-16-7-11-18(27)12-8-16/h5-12H,1-4,13-14H2. The molecule has 0 spiro atoms. The number of hydrogen-bond acceptors (Lipinski definition) is 5. The van der Waals surface area contributed by atoms with Gasteiger partial charge >= 0.3 is 0 Å². The van der Waals surface area contributed by atoms with Gasteiger partial charge in [0, 0.05) is 20.7 Å². The molecule has 5 nitrogen and oxygen atoms in total. The minimum Gasteiger partial charge on any atom is -0.268 e. The highest BCUT2D eigenvalue weighted by Gasteiger charge is 2.24. The van der Waals surface area contributed by atoms with Gasteiger partial charge in [-0.15, -0.1) is 16.4 Å². The molecule has 5 aromatic rings. The van der Waals surface area contributed by atoms with Gasteiger partial charge in [-0.05, 0) is 66.6 Å². The number of hydrogen-bond donors (Lipinski definition) is 0. The normalized spacial score (nSPS) is 13.6. The number of aryl methyl sites for hydroxylation is 2. The zero-order chi connectivity index (χ0) is 23.2. The van der Waals surface area contributed by atoms with Crippen molar-refractivity contribution in [2.45, 2.75) is 43.1 Å². The van der Waals surface area contributed by atoms with Gasteiger partial charge in [0.15, 0.2) is 5.16 Å². The van der Waals surface area contributed by atoms with E-state index in [1.807, 2.05) is 53.2 Å². The fraction of sp³-hybridized carbons (Fsp3) is 0.240. The van der Waals surface area contributed by atoms with Gasteiger partial charge in [0.2, 0.25) is 5.78 Å². The van der Waals surface area contributed by atoms with Crippen molar-refractivity contribution in [1.82, 2.24) is 19.2 Å². The summed E-state index contributed by atoms with van der Waals surface area (Å²) in [6.45, 7) is 0.505. The molecule has 2 aromatic carbocycles. The molecular formula is C25H20Cl2N4OS2. The van der Waals surface area contributed by atoms with E-state index in [0.29, 0.717) is 33.3 Å². The van der Waals surface area contributed by atoms with Crippen molar-refractivity contribution in [2.75, 3.05) is 0 Å². The molecule has 172 valence electrons. The van der Waals surface area contributed by atoms with Crippen molar-refractivity contribution in [3.8, 4) is 0 Å². The molecule has 1 aliphatic rings. The lowest BCUT2D eigenvalue weighted by Gasteiger charge is -2.09. The van der Waals surface area contributed by atoms with Crippen LogP contribution in [0.15, 0.2) is 58.5 Å². The largest absolute Gasteiger partial charge is 0.270 e. The van der Waals surface area contributed by atoms with Crippen LogP contribution in [0.2, 0.25) is 10.0 Å². The molecule has 3 heterocycles. The summed E-state index contributed by atoms with van der Waals surface area (Å²) in [5.74, 6) is 1.25. The highest BCUT2D eigenvalue weighted by molar-refractivity contribution is 7.98. The number of benzene rings is 2. The van der Waals surface area contributed by atoms with Crippen LogP contribution in [0.5, 0.6) is 0 Å². The molecule has 0 aliphatic heterocycles. The Labute approximate surface area is 214 Å². The van der Waals surface area contributed by atoms with E-state index in [4.69, 9.17) is 33.3 Å². The van der Waals surface area contributed by atoms with Crippen molar-refractivity contribution < 1.29 is 0 Å². The van der Waals surface area contributed by atoms with Crippen molar-refractivity contribution in [1.29, 1.82) is 0 Å². The SMILES string of the molecule is O=c1c2c3c(sc2nc2n(Cc4ccc(Cl)cc4)nc(SCc4ccc(Cl)cc4)n12)CCCC3. The monoisotopic (exact) mass is 526 g/mol. The Morgan fingerprint density at radius 3 is 2.35 bits per heavy atom. The first-order chi connectivity index (χ1) is 16.6. The van der Waals surface area contributed by atoms with Gasteiger partial charge in [-0.2, -0.15) is 0 Å². The summed E-state index contributed by atoms with van der Waals surface area (Å²) in [6.07, 6.45) is 4.28. The molecule has 0 radical (unpaired) electrons. The second kappa shape index (κ2) is 9.04. The molecule has 6 rings (SSSR count). The number of thiophene rings is 1. The van der Waals surface area contributed by atoms with Gasteiger partial charge in [-0.3, -0.25) is 4.79 Å². The van der Waals surface area contributed by atoms with Crippen molar-refractivity contribution in [3.05, 3.63) is 90.5 Å². The van der Waals surface area contributed by atoms with E-state index >= 15 is 0 Å². The molecule has 9 heteroatoms. The summed E-state index contributed by atoms with van der Waals surface area (Å²) in [4.78, 5) is 20.9. The van der Waals surface area contributed by atoms with Crippen LogP contribution < -0.4 is 5.56 Å². The van der Waals surface area contributed by atoms with E-state index in [-0.39, 0.29) is 5.56 Å². The Kier molecular flexibility index (Phi) is 5.89. The summed E-state index contributed by atoms with van der Waals surface area (Å²) >= 11 is 15.3. The van der Waals surface area contributed by atoms with Crippen LogP contribution in [0.1, 0.15) is 34.4 Å². The lowest BCUT2D eigenvalue weighted by atomic mass is 9.97. The van der Waals surface area contributed by atoms with E-state index in [9.17, 15) is 4.79 Å². The summed E-state index contributed by atoms with van der Waals surface area (Å²) < 4.78 is 3.52. The van der Waals surface area contributed by atoms with Gasteiger partial charge in [0.05, 0.1) is 11.9 Å². The van der Waals surface area contributed by atoms with Crippen molar-refractivity contribution in [2.24, 2.45) is 0 Å². The van der Waals surface area contributed by atoms with Gasteiger partial charge in [0.1, 0.15) is 4.83 Å². The van der Waals surface area contributed by atoms with Crippen LogP contribution in [-0.4, -0.2) is 19.2 Å². The topological polar surface area (TPSA) is 52.2 Å². The fourth-order valence-corrected chi connectivity index (χ4v) is 6.86. The van der Waals surface area contributed by atoms with Crippen LogP contribution in [0.25, 0.3) is 16.0 Å². The quantitative estimate of drug-likeness (QED) is 0.241. The number of halogens is 2. The minimum absolute atomic E-state index is 0.0136. The number of fused-ring (bicyclic) bond motifs is 4. The van der Waals surface area contributed by atoms with Gasteiger partial charge in [0.25, 0.3) is 5.56 Å². The number of aromatic nitrogens is 4. The van der Waals surface area contributed by atoms with E-state index in [0.717, 1.165) is 40.6 Å². The molecule has 3 aromatic heterocycles. The highest BCUT2D eigenvalue weighted by Crippen LogP contribution is 2.34. The van der Waals surface area contributed by atoms with E-state index in [1.165, 1.54) is 28.6 Å². The fourth-order valence-electron chi connectivity index (χ4n) is 4.42. The third-order valence-corrected chi connectivity index (χ3v) is 8.82. The third-order valence-electron chi connectivity index (χ3n) is 6.13. The number of nitrogens with zero attached hydrogens (tertiary/aromatic N) is 4. The Bertz CT molecular complexity index is 1570. The molecule has 1 aliphatic carbocycles. The summed E-state index contributed by atoms with van der Waals surface area (Å²) in [7, 11) is 0.